The van der Waals surface area contributed by atoms with E-state index in [2.05, 4.69) is 32.6 Å². The van der Waals surface area contributed by atoms with Gasteiger partial charge in [-0.25, -0.2) is 0 Å². The van der Waals surface area contributed by atoms with Gasteiger partial charge in [0.15, 0.2) is 0 Å². The number of amides is 1. The van der Waals surface area contributed by atoms with Crippen molar-refractivity contribution in [2.45, 2.75) is 65.8 Å². The molecule has 2 unspecified atom stereocenters. The number of likely N-dealkylation sites (tertiary alicyclic amines) is 1. The van der Waals surface area contributed by atoms with Gasteiger partial charge in [-0.05, 0) is 43.6 Å². The van der Waals surface area contributed by atoms with Crippen molar-refractivity contribution in [3.05, 3.63) is 0 Å². The van der Waals surface area contributed by atoms with Crippen LogP contribution in [0.2, 0.25) is 0 Å². The zero-order valence-corrected chi connectivity index (χ0v) is 12.5. The lowest BCUT2D eigenvalue weighted by Gasteiger charge is -2.31. The summed E-state index contributed by atoms with van der Waals surface area (Å²) in [6, 6.07) is 0.452. The molecule has 1 fully saturated rings. The van der Waals surface area contributed by atoms with E-state index in [4.69, 9.17) is 5.73 Å². The third kappa shape index (κ3) is 4.27. The lowest BCUT2D eigenvalue weighted by molar-refractivity contribution is -0.133. The van der Waals surface area contributed by atoms with E-state index in [1.807, 2.05) is 0 Å². The Morgan fingerprint density at radius 3 is 2.67 bits per heavy atom. The molecule has 0 bridgehead atoms. The second-order valence-electron chi connectivity index (χ2n) is 6.79. The monoisotopic (exact) mass is 254 g/mol. The van der Waals surface area contributed by atoms with Crippen molar-refractivity contribution >= 4 is 5.91 Å². The van der Waals surface area contributed by atoms with Gasteiger partial charge in [0.2, 0.25) is 5.91 Å². The molecule has 18 heavy (non-hydrogen) atoms. The number of nitrogens with zero attached hydrogens (tertiary/aromatic N) is 1. The molecule has 1 aliphatic rings. The number of carbonyl (C=O) groups excluding carboxylic acids is 1. The van der Waals surface area contributed by atoms with Crippen molar-refractivity contribution in [1.82, 2.24) is 4.90 Å². The number of carbonyl (C=O) groups is 1. The molecule has 1 amide bonds. The number of hydrogen-bond acceptors (Lipinski definition) is 2. The van der Waals surface area contributed by atoms with Gasteiger partial charge in [0.25, 0.3) is 0 Å². The largest absolute Gasteiger partial charge is 0.340 e. The first-order valence-electron chi connectivity index (χ1n) is 7.35. The lowest BCUT2D eigenvalue weighted by atomic mass is 9.80. The first kappa shape index (κ1) is 15.5. The molecule has 1 rings (SSSR count). The van der Waals surface area contributed by atoms with Crippen LogP contribution in [0.3, 0.4) is 0 Å². The molecule has 1 heterocycles. The molecule has 2 N–H and O–H groups in total. The Hall–Kier alpha value is -0.570. The summed E-state index contributed by atoms with van der Waals surface area (Å²) in [6.07, 6.45) is 5.11. The maximum Gasteiger partial charge on any atom is 0.223 e. The zero-order valence-electron chi connectivity index (χ0n) is 12.5. The summed E-state index contributed by atoms with van der Waals surface area (Å²) in [6.45, 7) is 10.5. The Balaban J connectivity index is 2.50. The summed E-state index contributed by atoms with van der Waals surface area (Å²) in [5.41, 5.74) is 5.77. The second-order valence-corrected chi connectivity index (χ2v) is 6.79. The van der Waals surface area contributed by atoms with Crippen molar-refractivity contribution in [2.75, 3.05) is 13.1 Å². The molecule has 1 saturated heterocycles. The second kappa shape index (κ2) is 6.55. The molecular formula is C15H30N2O. The van der Waals surface area contributed by atoms with Crippen LogP contribution in [0.5, 0.6) is 0 Å². The quantitative estimate of drug-likeness (QED) is 0.820. The summed E-state index contributed by atoms with van der Waals surface area (Å²) in [5.74, 6) is 0.776. The highest BCUT2D eigenvalue weighted by Gasteiger charge is 2.31. The van der Waals surface area contributed by atoms with Crippen LogP contribution in [-0.2, 0) is 4.79 Å². The van der Waals surface area contributed by atoms with Crippen LogP contribution in [0.25, 0.3) is 0 Å². The molecule has 0 radical (unpaired) electrons. The summed E-state index contributed by atoms with van der Waals surface area (Å²) < 4.78 is 0. The third-order valence-corrected chi connectivity index (χ3v) is 4.40. The van der Waals surface area contributed by atoms with Gasteiger partial charge in [0.1, 0.15) is 0 Å². The Kier molecular flexibility index (Phi) is 5.64. The van der Waals surface area contributed by atoms with Gasteiger partial charge < -0.3 is 10.6 Å². The molecule has 0 aromatic rings. The Morgan fingerprint density at radius 2 is 2.11 bits per heavy atom. The van der Waals surface area contributed by atoms with E-state index in [1.54, 1.807) is 0 Å². The lowest BCUT2D eigenvalue weighted by Crippen LogP contribution is -2.37. The fraction of sp³-hybridized carbons (Fsp3) is 0.933. The van der Waals surface area contributed by atoms with Gasteiger partial charge in [0.05, 0.1) is 0 Å². The van der Waals surface area contributed by atoms with Gasteiger partial charge in [0, 0.05) is 19.0 Å². The topological polar surface area (TPSA) is 46.3 Å². The molecule has 0 saturated carbocycles. The Morgan fingerprint density at radius 1 is 1.44 bits per heavy atom. The number of hydrogen-bond donors (Lipinski definition) is 1. The van der Waals surface area contributed by atoms with Gasteiger partial charge in [-0.3, -0.25) is 4.79 Å². The Labute approximate surface area is 112 Å². The minimum Gasteiger partial charge on any atom is -0.340 e. The average molecular weight is 254 g/mol. The highest BCUT2D eigenvalue weighted by molar-refractivity contribution is 5.77. The third-order valence-electron chi connectivity index (χ3n) is 4.40. The summed E-state index contributed by atoms with van der Waals surface area (Å²) in [4.78, 5) is 14.5. The van der Waals surface area contributed by atoms with E-state index in [0.29, 0.717) is 24.3 Å². The van der Waals surface area contributed by atoms with Crippen molar-refractivity contribution < 1.29 is 4.79 Å². The van der Waals surface area contributed by atoms with Crippen molar-refractivity contribution in [3.8, 4) is 0 Å². The minimum atomic E-state index is 0.210. The maximum absolute atomic E-state index is 12.4. The summed E-state index contributed by atoms with van der Waals surface area (Å²) in [5, 5.41) is 0. The fourth-order valence-corrected chi connectivity index (χ4v) is 2.50. The van der Waals surface area contributed by atoms with Crippen LogP contribution in [0.1, 0.15) is 59.8 Å². The maximum atomic E-state index is 12.4. The van der Waals surface area contributed by atoms with Crippen LogP contribution < -0.4 is 5.73 Å². The molecule has 106 valence electrons. The van der Waals surface area contributed by atoms with Gasteiger partial charge in [-0.15, -0.1) is 0 Å². The molecule has 3 nitrogen and oxygen atoms in total. The predicted molar refractivity (Wildman–Crippen MR) is 76.3 cm³/mol. The van der Waals surface area contributed by atoms with Crippen LogP contribution in [0.15, 0.2) is 0 Å². The highest BCUT2D eigenvalue weighted by Crippen LogP contribution is 2.30. The number of rotatable bonds is 5. The highest BCUT2D eigenvalue weighted by atomic mass is 16.2. The van der Waals surface area contributed by atoms with E-state index in [1.165, 1.54) is 0 Å². The average Bonchev–Trinajstić information content (AvgIpc) is 2.72. The molecule has 0 aromatic carbocycles. The SMILES string of the molecule is CC(CC(=O)N1CCCC1CCCN)C(C)(C)C. The van der Waals surface area contributed by atoms with Gasteiger partial charge in [-0.1, -0.05) is 27.7 Å². The van der Waals surface area contributed by atoms with E-state index in [-0.39, 0.29) is 5.41 Å². The van der Waals surface area contributed by atoms with Crippen LogP contribution in [0.4, 0.5) is 0 Å². The molecule has 1 aliphatic heterocycles. The first-order valence-corrected chi connectivity index (χ1v) is 7.35. The summed E-state index contributed by atoms with van der Waals surface area (Å²) in [7, 11) is 0. The molecule has 2 atom stereocenters. The van der Waals surface area contributed by atoms with Crippen molar-refractivity contribution in [2.24, 2.45) is 17.1 Å². The van der Waals surface area contributed by atoms with Crippen LogP contribution >= 0.6 is 0 Å². The van der Waals surface area contributed by atoms with Gasteiger partial charge >= 0.3 is 0 Å². The predicted octanol–water partition coefficient (Wildman–Crippen LogP) is 2.79. The van der Waals surface area contributed by atoms with E-state index >= 15 is 0 Å². The standard InChI is InChI=1S/C15H30N2O/c1-12(15(2,3)4)11-14(18)17-10-6-8-13(17)7-5-9-16/h12-13H,5-11,16H2,1-4H3. The molecule has 0 aliphatic carbocycles. The minimum absolute atomic E-state index is 0.210. The van der Waals surface area contributed by atoms with Crippen LogP contribution in [-0.4, -0.2) is 29.9 Å². The number of nitrogens with two attached hydrogens (primary N) is 1. The molecule has 3 heteroatoms. The zero-order chi connectivity index (χ0) is 13.8. The molecular weight excluding hydrogens is 224 g/mol. The van der Waals surface area contributed by atoms with Crippen LogP contribution in [0, 0.1) is 11.3 Å². The van der Waals surface area contributed by atoms with E-state index < -0.39 is 0 Å². The molecule has 0 spiro atoms. The van der Waals surface area contributed by atoms with Gasteiger partial charge in [-0.2, -0.15) is 0 Å². The van der Waals surface area contributed by atoms with Crippen molar-refractivity contribution in [3.63, 3.8) is 0 Å². The normalized spacial score (nSPS) is 22.3. The van der Waals surface area contributed by atoms with Crippen molar-refractivity contribution in [1.29, 1.82) is 0 Å². The van der Waals surface area contributed by atoms with E-state index in [9.17, 15) is 4.79 Å². The fourth-order valence-electron chi connectivity index (χ4n) is 2.50. The Bertz CT molecular complexity index is 270. The smallest absolute Gasteiger partial charge is 0.223 e. The van der Waals surface area contributed by atoms with E-state index in [0.717, 1.165) is 38.8 Å². The summed E-state index contributed by atoms with van der Waals surface area (Å²) >= 11 is 0. The molecule has 0 aromatic heterocycles. The first-order chi connectivity index (χ1) is 8.36.